The van der Waals surface area contributed by atoms with E-state index in [-0.39, 0.29) is 18.5 Å². The molecule has 0 spiro atoms. The molecule has 23 heavy (non-hydrogen) atoms. The van der Waals surface area contributed by atoms with Gasteiger partial charge < -0.3 is 20.1 Å². The molecule has 126 valence electrons. The molecule has 2 N–H and O–H groups in total. The maximum Gasteiger partial charge on any atom is 0.317 e. The first-order valence-corrected chi connectivity index (χ1v) is 7.94. The summed E-state index contributed by atoms with van der Waals surface area (Å²) in [5, 5.41) is 11.7. The quantitative estimate of drug-likeness (QED) is 0.836. The highest BCUT2D eigenvalue weighted by Crippen LogP contribution is 2.12. The number of nitrogens with zero attached hydrogens (tertiary/aromatic N) is 1. The summed E-state index contributed by atoms with van der Waals surface area (Å²) in [6.07, 6.45) is 2.53. The first kappa shape index (κ1) is 17.3. The normalized spacial score (nSPS) is 15.2. The topological polar surface area (TPSA) is 78.9 Å². The Kier molecular flexibility index (Phi) is 6.40. The number of aliphatic carboxylic acids is 1. The number of ether oxygens (including phenoxy) is 1. The smallest absolute Gasteiger partial charge is 0.317 e. The van der Waals surface area contributed by atoms with Crippen LogP contribution in [-0.4, -0.2) is 54.9 Å². The molecule has 0 unspecified atom stereocenters. The van der Waals surface area contributed by atoms with Crippen LogP contribution in [0.15, 0.2) is 24.3 Å². The predicted molar refractivity (Wildman–Crippen MR) is 86.5 cm³/mol. The van der Waals surface area contributed by atoms with E-state index in [1.165, 1.54) is 0 Å². The highest BCUT2D eigenvalue weighted by molar-refractivity contribution is 5.74. The number of rotatable bonds is 6. The van der Waals surface area contributed by atoms with Gasteiger partial charge in [-0.15, -0.1) is 0 Å². The van der Waals surface area contributed by atoms with E-state index in [1.54, 1.807) is 4.90 Å². The van der Waals surface area contributed by atoms with Gasteiger partial charge in [-0.05, 0) is 30.4 Å². The van der Waals surface area contributed by atoms with Crippen molar-refractivity contribution in [1.82, 2.24) is 10.2 Å². The zero-order chi connectivity index (χ0) is 16.7. The molecule has 0 aromatic heterocycles. The van der Waals surface area contributed by atoms with Gasteiger partial charge in [0.15, 0.2) is 0 Å². The van der Waals surface area contributed by atoms with Crippen molar-refractivity contribution >= 4 is 12.0 Å². The molecule has 1 aromatic rings. The number of carboxylic acid groups (broad SMARTS) is 1. The number of benzene rings is 1. The molecular weight excluding hydrogens is 296 g/mol. The van der Waals surface area contributed by atoms with Crippen molar-refractivity contribution < 1.29 is 19.4 Å². The molecule has 0 saturated carbocycles. The lowest BCUT2D eigenvalue weighted by molar-refractivity contribution is -0.136. The fourth-order valence-corrected chi connectivity index (χ4v) is 2.68. The minimum absolute atomic E-state index is 0.0346. The second kappa shape index (κ2) is 8.53. The van der Waals surface area contributed by atoms with Crippen molar-refractivity contribution in [3.05, 3.63) is 35.4 Å². The Labute approximate surface area is 136 Å². The first-order valence-electron chi connectivity index (χ1n) is 7.94. The van der Waals surface area contributed by atoms with Crippen molar-refractivity contribution in [2.45, 2.75) is 31.7 Å². The third-order valence-electron chi connectivity index (χ3n) is 4.13. The highest BCUT2D eigenvalue weighted by atomic mass is 16.5. The van der Waals surface area contributed by atoms with E-state index in [9.17, 15) is 9.59 Å². The molecule has 1 aliphatic rings. The predicted octanol–water partition coefficient (Wildman–Crippen LogP) is 1.68. The van der Waals surface area contributed by atoms with E-state index in [2.05, 4.69) is 5.32 Å². The summed E-state index contributed by atoms with van der Waals surface area (Å²) < 4.78 is 5.31. The number of hydrogen-bond donors (Lipinski definition) is 2. The van der Waals surface area contributed by atoms with Crippen LogP contribution in [0, 0.1) is 0 Å². The van der Waals surface area contributed by atoms with Crippen LogP contribution < -0.4 is 5.32 Å². The summed E-state index contributed by atoms with van der Waals surface area (Å²) in [5.41, 5.74) is 1.86. The van der Waals surface area contributed by atoms with Gasteiger partial charge >= 0.3 is 12.0 Å². The average Bonchev–Trinajstić information content (AvgIpc) is 2.56. The van der Waals surface area contributed by atoms with Crippen LogP contribution in [0.2, 0.25) is 0 Å². The molecule has 1 fully saturated rings. The fourth-order valence-electron chi connectivity index (χ4n) is 2.68. The number of carbonyl (C=O) groups excluding carboxylic acids is 1. The molecule has 0 atom stereocenters. The Morgan fingerprint density at radius 3 is 2.43 bits per heavy atom. The third-order valence-corrected chi connectivity index (χ3v) is 4.13. The van der Waals surface area contributed by atoms with Gasteiger partial charge in [0.2, 0.25) is 0 Å². The minimum Gasteiger partial charge on any atom is -0.481 e. The molecule has 1 aliphatic heterocycles. The van der Waals surface area contributed by atoms with Gasteiger partial charge in [-0.1, -0.05) is 24.3 Å². The molecule has 2 amide bonds. The largest absolute Gasteiger partial charge is 0.481 e. The number of urea groups is 1. The number of carboxylic acids is 1. The van der Waals surface area contributed by atoms with Crippen molar-refractivity contribution in [2.24, 2.45) is 0 Å². The zero-order valence-electron chi connectivity index (χ0n) is 13.5. The van der Waals surface area contributed by atoms with Crippen LogP contribution >= 0.6 is 0 Å². The van der Waals surface area contributed by atoms with Gasteiger partial charge in [-0.3, -0.25) is 4.79 Å². The van der Waals surface area contributed by atoms with Crippen LogP contribution in [0.25, 0.3) is 0 Å². The maximum absolute atomic E-state index is 12.1. The Morgan fingerprint density at radius 1 is 1.22 bits per heavy atom. The van der Waals surface area contributed by atoms with Crippen LogP contribution in [0.3, 0.4) is 0 Å². The van der Waals surface area contributed by atoms with Gasteiger partial charge in [-0.2, -0.15) is 0 Å². The summed E-state index contributed by atoms with van der Waals surface area (Å²) in [5.74, 6) is -0.832. The summed E-state index contributed by atoms with van der Waals surface area (Å²) in [6.45, 7) is 1.99. The van der Waals surface area contributed by atoms with Gasteiger partial charge in [0.05, 0.1) is 6.42 Å². The van der Waals surface area contributed by atoms with E-state index >= 15 is 0 Å². The summed E-state index contributed by atoms with van der Waals surface area (Å²) in [6, 6.07) is 7.65. The van der Waals surface area contributed by atoms with Gasteiger partial charge in [0, 0.05) is 32.8 Å². The second-order valence-corrected chi connectivity index (χ2v) is 5.82. The molecule has 1 saturated heterocycles. The number of hydrogen-bond acceptors (Lipinski definition) is 3. The average molecular weight is 320 g/mol. The SMILES string of the molecule is CN(C(=O)NCCc1ccc(CC(=O)O)cc1)C1CCOCC1. The monoisotopic (exact) mass is 320 g/mol. The molecule has 1 heterocycles. The van der Waals surface area contributed by atoms with Crippen molar-refractivity contribution in [1.29, 1.82) is 0 Å². The van der Waals surface area contributed by atoms with Gasteiger partial charge in [0.25, 0.3) is 0 Å². The number of nitrogens with one attached hydrogen (secondary N) is 1. The van der Waals surface area contributed by atoms with Crippen molar-refractivity contribution in [3.63, 3.8) is 0 Å². The molecular formula is C17H24N2O4. The molecule has 6 nitrogen and oxygen atoms in total. The lowest BCUT2D eigenvalue weighted by atomic mass is 10.1. The Bertz CT molecular complexity index is 524. The standard InChI is InChI=1S/C17H24N2O4/c1-19(15-7-10-23-11-8-15)17(22)18-9-6-13-2-4-14(5-3-13)12-16(20)21/h2-5,15H,6-12H2,1H3,(H,18,22)(H,20,21). The Hall–Kier alpha value is -2.08. The van der Waals surface area contributed by atoms with Crippen LogP contribution in [0.5, 0.6) is 0 Å². The second-order valence-electron chi connectivity index (χ2n) is 5.82. The fraction of sp³-hybridized carbons (Fsp3) is 0.529. The minimum atomic E-state index is -0.832. The van der Waals surface area contributed by atoms with E-state index in [0.29, 0.717) is 19.8 Å². The molecule has 1 aromatic carbocycles. The molecule has 0 bridgehead atoms. The summed E-state index contributed by atoms with van der Waals surface area (Å²) in [4.78, 5) is 24.5. The molecule has 0 radical (unpaired) electrons. The summed E-state index contributed by atoms with van der Waals surface area (Å²) >= 11 is 0. The lowest BCUT2D eigenvalue weighted by Gasteiger charge is -2.31. The van der Waals surface area contributed by atoms with Crippen molar-refractivity contribution in [3.8, 4) is 0 Å². The summed E-state index contributed by atoms with van der Waals surface area (Å²) in [7, 11) is 1.83. The lowest BCUT2D eigenvalue weighted by Crippen LogP contribution is -2.46. The highest BCUT2D eigenvalue weighted by Gasteiger charge is 2.21. The first-order chi connectivity index (χ1) is 11.1. The third kappa shape index (κ3) is 5.56. The van der Waals surface area contributed by atoms with E-state index in [4.69, 9.17) is 9.84 Å². The van der Waals surface area contributed by atoms with E-state index in [0.717, 1.165) is 30.4 Å². The van der Waals surface area contributed by atoms with Crippen LogP contribution in [0.4, 0.5) is 4.79 Å². The maximum atomic E-state index is 12.1. The molecule has 6 heteroatoms. The van der Waals surface area contributed by atoms with Gasteiger partial charge in [0.1, 0.15) is 0 Å². The molecule has 0 aliphatic carbocycles. The van der Waals surface area contributed by atoms with E-state index in [1.807, 2.05) is 31.3 Å². The van der Waals surface area contributed by atoms with E-state index < -0.39 is 5.97 Å². The van der Waals surface area contributed by atoms with Crippen LogP contribution in [-0.2, 0) is 22.4 Å². The van der Waals surface area contributed by atoms with Crippen LogP contribution in [0.1, 0.15) is 24.0 Å². The zero-order valence-corrected chi connectivity index (χ0v) is 13.5. The Balaban J connectivity index is 1.73. The Morgan fingerprint density at radius 2 is 1.83 bits per heavy atom. The number of carbonyl (C=O) groups is 2. The molecule has 2 rings (SSSR count). The number of amides is 2. The van der Waals surface area contributed by atoms with Gasteiger partial charge in [-0.25, -0.2) is 4.79 Å². The van der Waals surface area contributed by atoms with Crippen molar-refractivity contribution in [2.75, 3.05) is 26.8 Å².